The molecule has 0 saturated carbocycles. The summed E-state index contributed by atoms with van der Waals surface area (Å²) in [7, 11) is 0. The van der Waals surface area contributed by atoms with Crippen molar-refractivity contribution in [3.8, 4) is 0 Å². The Labute approximate surface area is 181 Å². The van der Waals surface area contributed by atoms with E-state index in [9.17, 15) is 14.4 Å². The maximum Gasteiger partial charge on any atom is 0.248 e. The van der Waals surface area contributed by atoms with Gasteiger partial charge in [-0.15, -0.1) is 11.3 Å². The Morgan fingerprint density at radius 3 is 2.67 bits per heavy atom. The summed E-state index contributed by atoms with van der Waals surface area (Å²) in [4.78, 5) is 42.8. The standard InChI is InChI=1S/C21H20N4O3S2/c26-18(13-29-21-22-16-8-4-5-9-17(16)30-21)23-24-20(28)15-10-19(27)25(12-15)11-14-6-2-1-3-7-14/h1-9,15H,10-13H2,(H,23,26)(H,24,28). The van der Waals surface area contributed by atoms with Gasteiger partial charge in [-0.25, -0.2) is 4.98 Å². The minimum Gasteiger partial charge on any atom is -0.338 e. The van der Waals surface area contributed by atoms with Crippen molar-refractivity contribution >= 4 is 51.0 Å². The topological polar surface area (TPSA) is 91.4 Å². The zero-order valence-electron chi connectivity index (χ0n) is 16.0. The lowest BCUT2D eigenvalue weighted by atomic mass is 10.1. The molecule has 1 fully saturated rings. The summed E-state index contributed by atoms with van der Waals surface area (Å²) >= 11 is 2.85. The average molecular weight is 441 g/mol. The van der Waals surface area contributed by atoms with E-state index >= 15 is 0 Å². The number of hydrogen-bond donors (Lipinski definition) is 2. The van der Waals surface area contributed by atoms with Crippen molar-refractivity contribution in [2.45, 2.75) is 17.3 Å². The third kappa shape index (κ3) is 4.98. The predicted octanol–water partition coefficient (Wildman–Crippen LogP) is 2.58. The highest BCUT2D eigenvalue weighted by Crippen LogP contribution is 2.29. The number of thiazole rings is 1. The smallest absolute Gasteiger partial charge is 0.248 e. The molecule has 2 aromatic carbocycles. The summed E-state index contributed by atoms with van der Waals surface area (Å²) < 4.78 is 1.87. The third-order valence-electron chi connectivity index (χ3n) is 4.73. The van der Waals surface area contributed by atoms with Crippen LogP contribution in [0.5, 0.6) is 0 Å². The first-order valence-electron chi connectivity index (χ1n) is 9.47. The van der Waals surface area contributed by atoms with Gasteiger partial charge in [0.1, 0.15) is 0 Å². The van der Waals surface area contributed by atoms with Gasteiger partial charge in [0.2, 0.25) is 17.7 Å². The van der Waals surface area contributed by atoms with Crippen LogP contribution in [0.15, 0.2) is 58.9 Å². The van der Waals surface area contributed by atoms with Gasteiger partial charge in [0, 0.05) is 19.5 Å². The Morgan fingerprint density at radius 2 is 1.87 bits per heavy atom. The molecule has 9 heteroatoms. The van der Waals surface area contributed by atoms with Gasteiger partial charge in [0.05, 0.1) is 21.9 Å². The van der Waals surface area contributed by atoms with E-state index in [0.29, 0.717) is 13.1 Å². The summed E-state index contributed by atoms with van der Waals surface area (Å²) in [6, 6.07) is 17.4. The maximum atomic E-state index is 12.4. The molecule has 1 saturated heterocycles. The Kier molecular flexibility index (Phi) is 6.29. The van der Waals surface area contributed by atoms with Crippen molar-refractivity contribution in [2.24, 2.45) is 5.92 Å². The highest BCUT2D eigenvalue weighted by Gasteiger charge is 2.34. The maximum absolute atomic E-state index is 12.4. The van der Waals surface area contributed by atoms with Crippen LogP contribution < -0.4 is 10.9 Å². The van der Waals surface area contributed by atoms with E-state index < -0.39 is 5.92 Å². The van der Waals surface area contributed by atoms with Crippen molar-refractivity contribution < 1.29 is 14.4 Å². The van der Waals surface area contributed by atoms with Crippen LogP contribution in [-0.2, 0) is 20.9 Å². The Balaban J connectivity index is 1.22. The number of carbonyl (C=O) groups excluding carboxylic acids is 3. The fourth-order valence-corrected chi connectivity index (χ4v) is 5.08. The summed E-state index contributed by atoms with van der Waals surface area (Å²) in [5.41, 5.74) is 6.80. The highest BCUT2D eigenvalue weighted by atomic mass is 32.2. The van der Waals surface area contributed by atoms with Crippen molar-refractivity contribution in [2.75, 3.05) is 12.3 Å². The Morgan fingerprint density at radius 1 is 1.10 bits per heavy atom. The zero-order chi connectivity index (χ0) is 20.9. The number of amides is 3. The van der Waals surface area contributed by atoms with Crippen molar-refractivity contribution in [1.82, 2.24) is 20.7 Å². The van der Waals surface area contributed by atoms with E-state index in [1.54, 1.807) is 4.90 Å². The van der Waals surface area contributed by atoms with Crippen LogP contribution in [-0.4, -0.2) is 39.9 Å². The summed E-state index contributed by atoms with van der Waals surface area (Å²) in [5, 5.41) is 0. The largest absolute Gasteiger partial charge is 0.338 e. The third-order valence-corrected chi connectivity index (χ3v) is 6.91. The second kappa shape index (κ2) is 9.27. The van der Waals surface area contributed by atoms with Crippen LogP contribution in [0.25, 0.3) is 10.2 Å². The Bertz CT molecular complexity index is 1040. The SMILES string of the molecule is O=C(CSc1nc2ccccc2s1)NNC(=O)C1CC(=O)N(Cc2ccccc2)C1. The number of aromatic nitrogens is 1. The molecule has 1 atom stereocenters. The average Bonchev–Trinajstić information content (AvgIpc) is 3.34. The molecule has 3 amide bonds. The molecule has 2 heterocycles. The Hall–Kier alpha value is -2.91. The first-order valence-corrected chi connectivity index (χ1v) is 11.3. The lowest BCUT2D eigenvalue weighted by Gasteiger charge is -2.16. The number of para-hydroxylation sites is 1. The molecule has 1 aliphatic heterocycles. The number of likely N-dealkylation sites (tertiary alicyclic amines) is 1. The lowest BCUT2D eigenvalue weighted by molar-refractivity contribution is -0.130. The molecule has 1 aromatic heterocycles. The van der Waals surface area contributed by atoms with E-state index in [4.69, 9.17) is 0 Å². The number of hydrazine groups is 1. The van der Waals surface area contributed by atoms with Crippen molar-refractivity contribution in [3.05, 3.63) is 60.2 Å². The number of rotatable bonds is 6. The van der Waals surface area contributed by atoms with Crippen LogP contribution in [0.1, 0.15) is 12.0 Å². The zero-order valence-corrected chi connectivity index (χ0v) is 17.7. The molecule has 1 aliphatic rings. The van der Waals surface area contributed by atoms with Crippen molar-refractivity contribution in [1.29, 1.82) is 0 Å². The van der Waals surface area contributed by atoms with Crippen molar-refractivity contribution in [3.63, 3.8) is 0 Å². The second-order valence-electron chi connectivity index (χ2n) is 6.93. The monoisotopic (exact) mass is 440 g/mol. The van der Waals surface area contributed by atoms with Gasteiger partial charge in [-0.3, -0.25) is 25.2 Å². The number of nitrogens with one attached hydrogen (secondary N) is 2. The quantitative estimate of drug-likeness (QED) is 0.454. The predicted molar refractivity (Wildman–Crippen MR) is 117 cm³/mol. The molecule has 7 nitrogen and oxygen atoms in total. The molecule has 0 bridgehead atoms. The summed E-state index contributed by atoms with van der Waals surface area (Å²) in [6.07, 6.45) is 0.148. The molecule has 30 heavy (non-hydrogen) atoms. The first kappa shape index (κ1) is 20.4. The molecule has 0 spiro atoms. The lowest BCUT2D eigenvalue weighted by Crippen LogP contribution is -2.45. The summed E-state index contributed by atoms with van der Waals surface area (Å²) in [5.74, 6) is -1.06. The molecule has 0 radical (unpaired) electrons. The molecular weight excluding hydrogens is 420 g/mol. The van der Waals surface area contributed by atoms with Crippen LogP contribution in [0, 0.1) is 5.92 Å². The fraction of sp³-hybridized carbons (Fsp3) is 0.238. The molecule has 4 rings (SSSR count). The number of hydrogen-bond acceptors (Lipinski definition) is 6. The molecular formula is C21H20N4O3S2. The molecule has 3 aromatic rings. The highest BCUT2D eigenvalue weighted by molar-refractivity contribution is 8.01. The number of nitrogens with zero attached hydrogens (tertiary/aromatic N) is 2. The number of carbonyl (C=O) groups is 3. The number of benzene rings is 2. The number of fused-ring (bicyclic) bond motifs is 1. The van der Waals surface area contributed by atoms with Gasteiger partial charge >= 0.3 is 0 Å². The number of thioether (sulfide) groups is 1. The van der Waals surface area contributed by atoms with Gasteiger partial charge in [-0.05, 0) is 17.7 Å². The van der Waals surface area contributed by atoms with Crippen LogP contribution >= 0.6 is 23.1 Å². The minimum atomic E-state index is -0.474. The van der Waals surface area contributed by atoms with E-state index in [2.05, 4.69) is 15.8 Å². The van der Waals surface area contributed by atoms with E-state index in [0.717, 1.165) is 20.1 Å². The molecule has 2 N–H and O–H groups in total. The molecule has 0 aliphatic carbocycles. The van der Waals surface area contributed by atoms with E-state index in [-0.39, 0.29) is 29.9 Å². The minimum absolute atomic E-state index is 0.0586. The van der Waals surface area contributed by atoms with Gasteiger partial charge in [0.15, 0.2) is 4.34 Å². The van der Waals surface area contributed by atoms with Gasteiger partial charge in [-0.2, -0.15) is 0 Å². The molecule has 1 unspecified atom stereocenters. The van der Waals surface area contributed by atoms with Gasteiger partial charge in [-0.1, -0.05) is 54.2 Å². The van der Waals surface area contributed by atoms with E-state index in [1.807, 2.05) is 54.6 Å². The summed E-state index contributed by atoms with van der Waals surface area (Å²) in [6.45, 7) is 0.824. The van der Waals surface area contributed by atoms with Gasteiger partial charge in [0.25, 0.3) is 0 Å². The second-order valence-corrected chi connectivity index (χ2v) is 9.19. The van der Waals surface area contributed by atoms with Crippen LogP contribution in [0.2, 0.25) is 0 Å². The fourth-order valence-electron chi connectivity index (χ4n) is 3.21. The normalized spacial score (nSPS) is 16.1. The molecule has 154 valence electrons. The van der Waals surface area contributed by atoms with Crippen LogP contribution in [0.3, 0.4) is 0 Å². The van der Waals surface area contributed by atoms with E-state index in [1.165, 1.54) is 23.1 Å². The van der Waals surface area contributed by atoms with Gasteiger partial charge < -0.3 is 4.90 Å². The first-order chi connectivity index (χ1) is 14.6. The van der Waals surface area contributed by atoms with Crippen LogP contribution in [0.4, 0.5) is 0 Å².